The van der Waals surface area contributed by atoms with E-state index in [1.807, 2.05) is 6.92 Å². The normalized spacial score (nSPS) is 25.4. The Kier molecular flexibility index (Phi) is 4.50. The number of thiophene rings is 1. The molecule has 0 aliphatic carbocycles. The highest BCUT2D eigenvalue weighted by Gasteiger charge is 2.36. The van der Waals surface area contributed by atoms with Gasteiger partial charge in [-0.05, 0) is 37.1 Å². The average Bonchev–Trinajstić information content (AvgIpc) is 2.88. The van der Waals surface area contributed by atoms with Crippen LogP contribution in [0.25, 0.3) is 0 Å². The monoisotopic (exact) mass is 305 g/mol. The van der Waals surface area contributed by atoms with Crippen LogP contribution in [-0.4, -0.2) is 44.1 Å². The van der Waals surface area contributed by atoms with Crippen LogP contribution in [0.2, 0.25) is 0 Å². The minimum absolute atomic E-state index is 0.0249. The molecule has 0 saturated carbocycles. The molecule has 19 heavy (non-hydrogen) atoms. The first kappa shape index (κ1) is 14.8. The predicted molar refractivity (Wildman–Crippen MR) is 74.0 cm³/mol. The fourth-order valence-electron chi connectivity index (χ4n) is 2.36. The van der Waals surface area contributed by atoms with Crippen LogP contribution in [0.4, 0.5) is 0 Å². The molecule has 1 aliphatic heterocycles. The molecule has 108 valence electrons. The van der Waals surface area contributed by atoms with E-state index in [0.29, 0.717) is 12.3 Å². The molecule has 7 heteroatoms. The van der Waals surface area contributed by atoms with Crippen LogP contribution in [0.5, 0.6) is 5.75 Å². The summed E-state index contributed by atoms with van der Waals surface area (Å²) in [5.41, 5.74) is 0. The number of nitrogens with zero attached hydrogens (tertiary/aromatic N) is 1. The Balaban J connectivity index is 2.32. The Morgan fingerprint density at radius 1 is 1.53 bits per heavy atom. The van der Waals surface area contributed by atoms with Gasteiger partial charge in [-0.1, -0.05) is 0 Å². The van der Waals surface area contributed by atoms with Gasteiger partial charge in [0.1, 0.15) is 5.75 Å². The number of aliphatic hydroxyl groups is 1. The maximum atomic E-state index is 12.7. The van der Waals surface area contributed by atoms with Crippen molar-refractivity contribution < 1.29 is 18.3 Å². The van der Waals surface area contributed by atoms with Gasteiger partial charge in [-0.2, -0.15) is 4.31 Å². The number of piperidine rings is 1. The summed E-state index contributed by atoms with van der Waals surface area (Å²) in [5.74, 6) is 0.417. The van der Waals surface area contributed by atoms with Crippen molar-refractivity contribution in [2.45, 2.75) is 30.0 Å². The van der Waals surface area contributed by atoms with E-state index in [0.717, 1.165) is 12.8 Å². The molecule has 2 atom stereocenters. The molecule has 0 amide bonds. The van der Waals surface area contributed by atoms with Crippen molar-refractivity contribution in [3.63, 3.8) is 0 Å². The van der Waals surface area contributed by atoms with Gasteiger partial charge < -0.3 is 9.84 Å². The van der Waals surface area contributed by atoms with Crippen molar-refractivity contribution >= 4 is 21.4 Å². The second-order valence-corrected chi connectivity index (χ2v) is 7.83. The van der Waals surface area contributed by atoms with Crippen LogP contribution >= 0.6 is 11.3 Å². The van der Waals surface area contributed by atoms with Crippen LogP contribution in [0, 0.1) is 5.92 Å². The van der Waals surface area contributed by atoms with Crippen LogP contribution in [0.3, 0.4) is 0 Å². The number of aliphatic hydroxyl groups excluding tert-OH is 1. The topological polar surface area (TPSA) is 66.8 Å². The second-order valence-electron chi connectivity index (χ2n) is 4.83. The molecule has 2 unspecified atom stereocenters. The van der Waals surface area contributed by atoms with E-state index in [2.05, 4.69) is 0 Å². The number of ether oxygens (including phenoxy) is 1. The highest BCUT2D eigenvalue weighted by Crippen LogP contribution is 2.35. The van der Waals surface area contributed by atoms with E-state index in [4.69, 9.17) is 4.74 Å². The summed E-state index contributed by atoms with van der Waals surface area (Å²) in [4.78, 5) is 0. The molecule has 0 bridgehead atoms. The van der Waals surface area contributed by atoms with Gasteiger partial charge in [-0.3, -0.25) is 0 Å². The maximum absolute atomic E-state index is 12.7. The highest BCUT2D eigenvalue weighted by molar-refractivity contribution is 7.91. The van der Waals surface area contributed by atoms with Crippen molar-refractivity contribution in [1.29, 1.82) is 0 Å². The Bertz CT molecular complexity index is 526. The van der Waals surface area contributed by atoms with E-state index in [9.17, 15) is 13.5 Å². The lowest BCUT2D eigenvalue weighted by Gasteiger charge is -2.36. The first-order valence-corrected chi connectivity index (χ1v) is 8.56. The van der Waals surface area contributed by atoms with Gasteiger partial charge in [-0.15, -0.1) is 11.3 Å². The standard InChI is InChI=1S/C12H19NO4S2/c1-9-3-4-10(8-14)7-13(9)19(15,16)12-11(17-2)5-6-18-12/h5-6,9-10,14H,3-4,7-8H2,1-2H3. The lowest BCUT2D eigenvalue weighted by atomic mass is 9.96. The van der Waals surface area contributed by atoms with Crippen LogP contribution in [-0.2, 0) is 10.0 Å². The van der Waals surface area contributed by atoms with Gasteiger partial charge >= 0.3 is 0 Å². The average molecular weight is 305 g/mol. The van der Waals surface area contributed by atoms with Gasteiger partial charge in [0.05, 0.1) is 7.11 Å². The zero-order chi connectivity index (χ0) is 14.0. The zero-order valence-corrected chi connectivity index (χ0v) is 12.7. The largest absolute Gasteiger partial charge is 0.494 e. The van der Waals surface area contributed by atoms with E-state index in [1.54, 1.807) is 11.4 Å². The summed E-state index contributed by atoms with van der Waals surface area (Å²) in [6, 6.07) is 1.62. The van der Waals surface area contributed by atoms with Crippen LogP contribution < -0.4 is 4.74 Å². The molecular weight excluding hydrogens is 286 g/mol. The Hall–Kier alpha value is -0.630. The molecule has 0 spiro atoms. The van der Waals surface area contributed by atoms with E-state index in [1.165, 1.54) is 22.8 Å². The molecule has 0 aromatic carbocycles. The first-order chi connectivity index (χ1) is 9.00. The highest BCUT2D eigenvalue weighted by atomic mass is 32.2. The fourth-order valence-corrected chi connectivity index (χ4v) is 5.49. The fraction of sp³-hybridized carbons (Fsp3) is 0.667. The number of sulfonamides is 1. The van der Waals surface area contributed by atoms with Gasteiger partial charge in [0.25, 0.3) is 10.0 Å². The van der Waals surface area contributed by atoms with Crippen molar-refractivity contribution in [3.05, 3.63) is 11.4 Å². The quantitative estimate of drug-likeness (QED) is 0.916. The molecule has 1 N–H and O–H groups in total. The lowest BCUT2D eigenvalue weighted by molar-refractivity contribution is 0.139. The Morgan fingerprint density at radius 2 is 2.26 bits per heavy atom. The summed E-state index contributed by atoms with van der Waals surface area (Å²) >= 11 is 1.17. The molecule has 1 aliphatic rings. The van der Waals surface area contributed by atoms with E-state index < -0.39 is 10.0 Å². The predicted octanol–water partition coefficient (Wildman–Crippen LogP) is 1.54. The summed E-state index contributed by atoms with van der Waals surface area (Å²) in [6.45, 7) is 2.31. The Morgan fingerprint density at radius 3 is 2.89 bits per heavy atom. The van der Waals surface area contributed by atoms with Crippen molar-refractivity contribution in [1.82, 2.24) is 4.31 Å². The third-order valence-corrected chi connectivity index (χ3v) is 6.94. The molecule has 0 radical (unpaired) electrons. The van der Waals surface area contributed by atoms with Crippen molar-refractivity contribution in [2.24, 2.45) is 5.92 Å². The van der Waals surface area contributed by atoms with Gasteiger partial charge in [0.2, 0.25) is 0 Å². The Labute approximate surface area is 117 Å². The molecule has 5 nitrogen and oxygen atoms in total. The molecule has 1 saturated heterocycles. The molecule has 2 heterocycles. The van der Waals surface area contributed by atoms with E-state index >= 15 is 0 Å². The smallest absolute Gasteiger partial charge is 0.256 e. The number of methoxy groups -OCH3 is 1. The lowest BCUT2D eigenvalue weighted by Crippen LogP contribution is -2.46. The molecular formula is C12H19NO4S2. The van der Waals surface area contributed by atoms with E-state index in [-0.39, 0.29) is 22.8 Å². The SMILES string of the molecule is COc1ccsc1S(=O)(=O)N1CC(CO)CCC1C. The number of hydrogen-bond donors (Lipinski definition) is 1. The third kappa shape index (κ3) is 2.79. The summed E-state index contributed by atoms with van der Waals surface area (Å²) < 4.78 is 32.2. The van der Waals surface area contributed by atoms with Crippen LogP contribution in [0.1, 0.15) is 19.8 Å². The summed E-state index contributed by atoms with van der Waals surface area (Å²) in [7, 11) is -2.07. The minimum atomic E-state index is -3.54. The molecule has 2 rings (SSSR count). The third-order valence-electron chi connectivity index (χ3n) is 3.54. The summed E-state index contributed by atoms with van der Waals surface area (Å²) in [5, 5.41) is 11.0. The first-order valence-electron chi connectivity index (χ1n) is 6.25. The molecule has 1 aromatic rings. The molecule has 1 aromatic heterocycles. The van der Waals surface area contributed by atoms with Crippen LogP contribution in [0.15, 0.2) is 15.7 Å². The van der Waals surface area contributed by atoms with Gasteiger partial charge in [0.15, 0.2) is 4.21 Å². The summed E-state index contributed by atoms with van der Waals surface area (Å²) in [6.07, 6.45) is 1.64. The maximum Gasteiger partial charge on any atom is 0.256 e. The zero-order valence-electron chi connectivity index (χ0n) is 11.1. The van der Waals surface area contributed by atoms with Crippen molar-refractivity contribution in [2.75, 3.05) is 20.3 Å². The van der Waals surface area contributed by atoms with Gasteiger partial charge in [-0.25, -0.2) is 8.42 Å². The number of rotatable bonds is 4. The molecule has 1 fully saturated rings. The van der Waals surface area contributed by atoms with Crippen molar-refractivity contribution in [3.8, 4) is 5.75 Å². The van der Waals surface area contributed by atoms with Gasteiger partial charge in [0, 0.05) is 19.2 Å². The minimum Gasteiger partial charge on any atom is -0.494 e. The second kappa shape index (κ2) is 5.78. The number of hydrogen-bond acceptors (Lipinski definition) is 5.